The smallest absolute Gasteiger partial charge is 0.214 e. The second kappa shape index (κ2) is 4.72. The fourth-order valence-corrected chi connectivity index (χ4v) is 2.09. The van der Waals surface area contributed by atoms with Crippen molar-refractivity contribution in [3.63, 3.8) is 0 Å². The number of hydrogen-bond donors (Lipinski definition) is 0. The first-order valence-corrected chi connectivity index (χ1v) is 5.61. The van der Waals surface area contributed by atoms with E-state index in [0.717, 1.165) is 0 Å². The molecule has 16 heavy (non-hydrogen) atoms. The van der Waals surface area contributed by atoms with E-state index in [1.807, 2.05) is 0 Å². The van der Waals surface area contributed by atoms with Crippen molar-refractivity contribution in [3.05, 3.63) is 57.5 Å². The van der Waals surface area contributed by atoms with Gasteiger partial charge in [-0.1, -0.05) is 11.6 Å². The maximum absolute atomic E-state index is 12.0. The Morgan fingerprint density at radius 1 is 1.31 bits per heavy atom. The molecule has 0 bridgehead atoms. The number of aromatic nitrogens is 2. The summed E-state index contributed by atoms with van der Waals surface area (Å²) in [5, 5.41) is 0.572. The van der Waals surface area contributed by atoms with Gasteiger partial charge in [0, 0.05) is 27.5 Å². The van der Waals surface area contributed by atoms with E-state index >= 15 is 0 Å². The maximum Gasteiger partial charge on any atom is 0.214 e. The van der Waals surface area contributed by atoms with Crippen molar-refractivity contribution in [2.75, 3.05) is 0 Å². The van der Waals surface area contributed by atoms with E-state index in [0.29, 0.717) is 20.8 Å². The quantitative estimate of drug-likeness (QED) is 0.800. The molecule has 1 aromatic heterocycles. The summed E-state index contributed by atoms with van der Waals surface area (Å²) in [5.74, 6) is -0.184. The molecule has 0 N–H and O–H groups in total. The van der Waals surface area contributed by atoms with Gasteiger partial charge in [0.05, 0.1) is 6.20 Å². The van der Waals surface area contributed by atoms with Gasteiger partial charge >= 0.3 is 0 Å². The minimum Gasteiger partial charge on any atom is -0.287 e. The molecule has 80 valence electrons. The molecule has 3 nitrogen and oxygen atoms in total. The summed E-state index contributed by atoms with van der Waals surface area (Å²) in [6, 6.07) is 4.99. The van der Waals surface area contributed by atoms with Crippen LogP contribution in [0.5, 0.6) is 0 Å². The molecule has 0 amide bonds. The summed E-state index contributed by atoms with van der Waals surface area (Å²) in [6.07, 6.45) is 4.44. The standard InChI is InChI=1S/C11H6BrClN2O/c12-9-5-7(13)1-2-8(9)11(16)10-6-14-3-4-15-10/h1-6H. The number of rotatable bonds is 2. The van der Waals surface area contributed by atoms with Gasteiger partial charge in [-0.05, 0) is 34.1 Å². The first kappa shape index (κ1) is 11.2. The minimum atomic E-state index is -0.184. The summed E-state index contributed by atoms with van der Waals surface area (Å²) < 4.78 is 0.649. The highest BCUT2D eigenvalue weighted by Crippen LogP contribution is 2.23. The third kappa shape index (κ3) is 2.28. The molecule has 0 fully saturated rings. The number of halogens is 2. The lowest BCUT2D eigenvalue weighted by molar-refractivity contribution is 0.103. The van der Waals surface area contributed by atoms with Crippen LogP contribution in [0.2, 0.25) is 5.02 Å². The van der Waals surface area contributed by atoms with Gasteiger partial charge < -0.3 is 0 Å². The van der Waals surface area contributed by atoms with Crippen LogP contribution in [0.15, 0.2) is 41.3 Å². The second-order valence-electron chi connectivity index (χ2n) is 3.04. The number of hydrogen-bond acceptors (Lipinski definition) is 3. The van der Waals surface area contributed by atoms with Gasteiger partial charge in [-0.25, -0.2) is 4.98 Å². The molecule has 2 aromatic rings. The van der Waals surface area contributed by atoms with Crippen LogP contribution >= 0.6 is 27.5 Å². The summed E-state index contributed by atoms with van der Waals surface area (Å²) in [4.78, 5) is 19.8. The Labute approximate surface area is 106 Å². The van der Waals surface area contributed by atoms with Crippen LogP contribution in [0.25, 0.3) is 0 Å². The van der Waals surface area contributed by atoms with Crippen molar-refractivity contribution in [2.45, 2.75) is 0 Å². The van der Waals surface area contributed by atoms with Crippen molar-refractivity contribution in [2.24, 2.45) is 0 Å². The van der Waals surface area contributed by atoms with Gasteiger partial charge in [-0.3, -0.25) is 9.78 Å². The Morgan fingerprint density at radius 2 is 2.12 bits per heavy atom. The zero-order valence-corrected chi connectivity index (χ0v) is 10.4. The molecule has 1 heterocycles. The van der Waals surface area contributed by atoms with Crippen molar-refractivity contribution in [1.29, 1.82) is 0 Å². The van der Waals surface area contributed by atoms with Gasteiger partial charge in [0.2, 0.25) is 5.78 Å². The maximum atomic E-state index is 12.0. The zero-order chi connectivity index (χ0) is 11.5. The van der Waals surface area contributed by atoms with Crippen LogP contribution in [0.3, 0.4) is 0 Å². The Bertz CT molecular complexity index is 531. The van der Waals surface area contributed by atoms with Crippen LogP contribution in [-0.4, -0.2) is 15.8 Å². The van der Waals surface area contributed by atoms with Gasteiger partial charge in [-0.2, -0.15) is 0 Å². The monoisotopic (exact) mass is 296 g/mol. The number of carbonyl (C=O) groups excluding carboxylic acids is 1. The molecule has 2 rings (SSSR count). The molecule has 0 radical (unpaired) electrons. The molecular weight excluding hydrogens is 291 g/mol. The summed E-state index contributed by atoms with van der Waals surface area (Å²) in [6.45, 7) is 0. The predicted molar refractivity (Wildman–Crippen MR) is 64.6 cm³/mol. The number of carbonyl (C=O) groups is 1. The topological polar surface area (TPSA) is 42.9 Å². The summed E-state index contributed by atoms with van der Waals surface area (Å²) in [7, 11) is 0. The zero-order valence-electron chi connectivity index (χ0n) is 8.02. The van der Waals surface area contributed by atoms with Crippen LogP contribution in [0, 0.1) is 0 Å². The van der Waals surface area contributed by atoms with Crippen LogP contribution in [-0.2, 0) is 0 Å². The molecule has 0 spiro atoms. The molecule has 1 aromatic carbocycles. The Balaban J connectivity index is 2.42. The lowest BCUT2D eigenvalue weighted by Crippen LogP contribution is -2.05. The van der Waals surface area contributed by atoms with Gasteiger partial charge in [-0.15, -0.1) is 0 Å². The predicted octanol–water partition coefficient (Wildman–Crippen LogP) is 3.12. The highest BCUT2D eigenvalue weighted by atomic mass is 79.9. The van der Waals surface area contributed by atoms with E-state index in [1.54, 1.807) is 18.2 Å². The third-order valence-electron chi connectivity index (χ3n) is 1.97. The molecule has 0 aliphatic carbocycles. The molecular formula is C11H6BrClN2O. The molecule has 0 atom stereocenters. The Hall–Kier alpha value is -1.26. The molecule has 0 saturated heterocycles. The van der Waals surface area contributed by atoms with Crippen LogP contribution < -0.4 is 0 Å². The van der Waals surface area contributed by atoms with Crippen LogP contribution in [0.4, 0.5) is 0 Å². The van der Waals surface area contributed by atoms with E-state index in [-0.39, 0.29) is 5.78 Å². The lowest BCUT2D eigenvalue weighted by atomic mass is 10.1. The highest BCUT2D eigenvalue weighted by molar-refractivity contribution is 9.10. The largest absolute Gasteiger partial charge is 0.287 e. The average molecular weight is 298 g/mol. The van der Waals surface area contributed by atoms with E-state index < -0.39 is 0 Å². The second-order valence-corrected chi connectivity index (χ2v) is 4.33. The minimum absolute atomic E-state index is 0.184. The third-order valence-corrected chi connectivity index (χ3v) is 2.86. The van der Waals surface area contributed by atoms with Crippen molar-refractivity contribution < 1.29 is 4.79 Å². The number of benzene rings is 1. The Kier molecular flexibility index (Phi) is 3.31. The number of nitrogens with zero attached hydrogens (tertiary/aromatic N) is 2. The summed E-state index contributed by atoms with van der Waals surface area (Å²) >= 11 is 9.09. The average Bonchev–Trinajstić information content (AvgIpc) is 2.29. The van der Waals surface area contributed by atoms with E-state index in [9.17, 15) is 4.79 Å². The van der Waals surface area contributed by atoms with Gasteiger partial charge in [0.25, 0.3) is 0 Å². The molecule has 0 aliphatic heterocycles. The number of ketones is 1. The molecule has 0 unspecified atom stereocenters. The van der Waals surface area contributed by atoms with Gasteiger partial charge in [0.1, 0.15) is 5.69 Å². The highest BCUT2D eigenvalue weighted by Gasteiger charge is 2.13. The summed E-state index contributed by atoms with van der Waals surface area (Å²) in [5.41, 5.74) is 0.829. The van der Waals surface area contributed by atoms with E-state index in [2.05, 4.69) is 25.9 Å². The van der Waals surface area contributed by atoms with Crippen molar-refractivity contribution in [1.82, 2.24) is 9.97 Å². The first-order chi connectivity index (χ1) is 7.68. The van der Waals surface area contributed by atoms with Crippen molar-refractivity contribution >= 4 is 33.3 Å². The van der Waals surface area contributed by atoms with Crippen molar-refractivity contribution in [3.8, 4) is 0 Å². The Morgan fingerprint density at radius 3 is 2.75 bits per heavy atom. The SMILES string of the molecule is O=C(c1cnccn1)c1ccc(Cl)cc1Br. The van der Waals surface area contributed by atoms with E-state index in [1.165, 1.54) is 18.6 Å². The molecule has 5 heteroatoms. The van der Waals surface area contributed by atoms with Crippen LogP contribution in [0.1, 0.15) is 16.1 Å². The lowest BCUT2D eigenvalue weighted by Gasteiger charge is -2.02. The molecule has 0 saturated carbocycles. The van der Waals surface area contributed by atoms with Gasteiger partial charge in [0.15, 0.2) is 0 Å². The fraction of sp³-hybridized carbons (Fsp3) is 0. The van der Waals surface area contributed by atoms with E-state index in [4.69, 9.17) is 11.6 Å². The fourth-order valence-electron chi connectivity index (χ4n) is 1.23. The normalized spacial score (nSPS) is 10.1. The first-order valence-electron chi connectivity index (χ1n) is 4.44. The molecule has 0 aliphatic rings.